The van der Waals surface area contributed by atoms with E-state index in [2.05, 4.69) is 72.0 Å². The molecule has 2 N–H and O–H groups in total. The molecular formula is C37H40N8O3. The quantitative estimate of drug-likeness (QED) is 0.155. The Hall–Kier alpha value is -5.16. The molecule has 48 heavy (non-hydrogen) atoms. The van der Waals surface area contributed by atoms with E-state index in [9.17, 15) is 4.79 Å². The highest BCUT2D eigenvalue weighted by Gasteiger charge is 2.30. The zero-order valence-corrected chi connectivity index (χ0v) is 27.2. The number of hydrogen-bond acceptors (Lipinski definition) is 9. The Morgan fingerprint density at radius 2 is 1.81 bits per heavy atom. The predicted octanol–water partition coefficient (Wildman–Crippen LogP) is 7.03. The van der Waals surface area contributed by atoms with Gasteiger partial charge in [0.2, 0.25) is 17.7 Å². The Morgan fingerprint density at radius 3 is 2.54 bits per heavy atom. The van der Waals surface area contributed by atoms with Gasteiger partial charge >= 0.3 is 0 Å². The second-order valence-electron chi connectivity index (χ2n) is 12.8. The summed E-state index contributed by atoms with van der Waals surface area (Å²) < 4.78 is 14.0. The van der Waals surface area contributed by atoms with E-state index in [1.807, 2.05) is 12.1 Å². The highest BCUT2D eigenvalue weighted by atomic mass is 16.5. The maximum atomic E-state index is 12.6. The van der Waals surface area contributed by atoms with E-state index in [0.717, 1.165) is 55.4 Å². The monoisotopic (exact) mass is 644 g/mol. The molecule has 3 fully saturated rings. The Bertz CT molecular complexity index is 1950. The van der Waals surface area contributed by atoms with Crippen molar-refractivity contribution in [3.63, 3.8) is 0 Å². The third kappa shape index (κ3) is 5.79. The fraction of sp³-hybridized carbons (Fsp3) is 0.351. The third-order valence-corrected chi connectivity index (χ3v) is 9.86. The van der Waals surface area contributed by atoms with Gasteiger partial charge in [-0.2, -0.15) is 0 Å². The molecule has 0 radical (unpaired) electrons. The minimum atomic E-state index is -0.278. The average Bonchev–Trinajstić information content (AvgIpc) is 3.47. The Morgan fingerprint density at radius 1 is 1.00 bits per heavy atom. The van der Waals surface area contributed by atoms with Crippen LogP contribution in [0.1, 0.15) is 44.6 Å². The molecule has 1 amide bonds. The van der Waals surface area contributed by atoms with Crippen molar-refractivity contribution in [1.29, 1.82) is 0 Å². The number of aromatic nitrogens is 4. The van der Waals surface area contributed by atoms with E-state index in [1.54, 1.807) is 25.8 Å². The second kappa shape index (κ2) is 12.8. The number of carbonyl (C=O) groups excluding carboxylic acids is 1. The number of nitrogens with zero attached hydrogens (tertiary/aromatic N) is 6. The highest BCUT2D eigenvalue weighted by Crippen LogP contribution is 2.44. The van der Waals surface area contributed by atoms with Crippen LogP contribution in [0.25, 0.3) is 33.6 Å². The number of ether oxygens (including phenoxy) is 1. The molecule has 0 atom stereocenters. The van der Waals surface area contributed by atoms with Gasteiger partial charge in [-0.3, -0.25) is 4.79 Å². The van der Waals surface area contributed by atoms with Crippen molar-refractivity contribution in [1.82, 2.24) is 24.4 Å². The fourth-order valence-corrected chi connectivity index (χ4v) is 7.29. The van der Waals surface area contributed by atoms with Crippen molar-refractivity contribution in [2.45, 2.75) is 50.6 Å². The van der Waals surface area contributed by atoms with E-state index in [-0.39, 0.29) is 5.91 Å². The van der Waals surface area contributed by atoms with Crippen LogP contribution in [-0.4, -0.2) is 69.7 Å². The molecular weight excluding hydrogens is 604 g/mol. The smallest absolute Gasteiger partial charge is 0.247 e. The van der Waals surface area contributed by atoms with Crippen LogP contribution in [0, 0.1) is 0 Å². The van der Waals surface area contributed by atoms with Crippen LogP contribution < -0.4 is 20.3 Å². The van der Waals surface area contributed by atoms with Crippen molar-refractivity contribution in [2.24, 2.45) is 0 Å². The van der Waals surface area contributed by atoms with E-state index < -0.39 is 0 Å². The number of fused-ring (bicyclic) bond motifs is 1. The molecule has 2 aliphatic heterocycles. The molecule has 246 valence electrons. The van der Waals surface area contributed by atoms with Crippen molar-refractivity contribution in [3.05, 3.63) is 73.9 Å². The fourth-order valence-electron chi connectivity index (χ4n) is 7.29. The lowest BCUT2D eigenvalue weighted by Gasteiger charge is -2.38. The first-order valence-corrected chi connectivity index (χ1v) is 16.9. The summed E-state index contributed by atoms with van der Waals surface area (Å²) >= 11 is 0. The van der Waals surface area contributed by atoms with Crippen molar-refractivity contribution >= 4 is 39.8 Å². The van der Waals surface area contributed by atoms with Crippen LogP contribution in [0.4, 0.5) is 23.0 Å². The highest BCUT2D eigenvalue weighted by molar-refractivity contribution is 6.02. The summed E-state index contributed by atoms with van der Waals surface area (Å²) in [5, 5.41) is 7.53. The molecule has 11 heteroatoms. The standard InChI is InChI=1S/C37H40N8O3/c1-3-34(46)40-29-20-30(33(47-2)21-32(29)44-17-12-24(13-18-44)43-15-6-7-16-43)41-37-39-22-27(36-38-14-19-48-36)35(42-37)28-23-45(25-10-11-25)31-9-5-4-8-26(28)31/h3-5,8-9,14,19-25H,1,6-7,10-13,15-18H2,2H3,(H,40,46)(H,39,41,42). The van der Waals surface area contributed by atoms with Gasteiger partial charge in [-0.1, -0.05) is 24.8 Å². The number of anilines is 4. The number of rotatable bonds is 10. The number of oxazole rings is 1. The molecule has 2 aromatic carbocycles. The topological polar surface area (TPSA) is 114 Å². The Kier molecular flexibility index (Phi) is 8.05. The maximum absolute atomic E-state index is 12.6. The molecule has 0 unspecified atom stereocenters. The Balaban J connectivity index is 1.16. The number of hydrogen-bond donors (Lipinski definition) is 2. The zero-order valence-electron chi connectivity index (χ0n) is 27.2. The minimum Gasteiger partial charge on any atom is -0.494 e. The second-order valence-corrected chi connectivity index (χ2v) is 12.8. The van der Waals surface area contributed by atoms with Gasteiger partial charge in [0, 0.05) is 60.1 Å². The third-order valence-electron chi connectivity index (χ3n) is 9.86. The number of benzene rings is 2. The molecule has 0 bridgehead atoms. The first-order chi connectivity index (χ1) is 23.6. The number of likely N-dealkylation sites (tertiary alicyclic amines) is 1. The SMILES string of the molecule is C=CC(=O)Nc1cc(Nc2ncc(-c3ncco3)c(-c3cn(C4CC4)c4ccccc34)n2)c(OC)cc1N1CCC(N2CCCC2)CC1. The maximum Gasteiger partial charge on any atom is 0.247 e. The normalized spacial score (nSPS) is 17.1. The lowest BCUT2D eigenvalue weighted by Crippen LogP contribution is -2.44. The summed E-state index contributed by atoms with van der Waals surface area (Å²) in [5.41, 5.74) is 5.78. The molecule has 1 saturated carbocycles. The van der Waals surface area contributed by atoms with Gasteiger partial charge < -0.3 is 34.2 Å². The van der Waals surface area contributed by atoms with Crippen LogP contribution in [0.2, 0.25) is 0 Å². The molecule has 3 aliphatic rings. The molecule has 11 nitrogen and oxygen atoms in total. The van der Waals surface area contributed by atoms with E-state index in [0.29, 0.717) is 52.3 Å². The summed E-state index contributed by atoms with van der Waals surface area (Å²) in [6.45, 7) is 7.88. The van der Waals surface area contributed by atoms with E-state index >= 15 is 0 Å². The van der Waals surface area contributed by atoms with Crippen molar-refractivity contribution in [3.8, 4) is 28.5 Å². The first kappa shape index (κ1) is 30.2. The van der Waals surface area contributed by atoms with Gasteiger partial charge in [0.1, 0.15) is 12.0 Å². The number of amides is 1. The lowest BCUT2D eigenvalue weighted by molar-refractivity contribution is -0.111. The van der Waals surface area contributed by atoms with E-state index in [4.69, 9.17) is 14.1 Å². The number of piperidine rings is 1. The zero-order chi connectivity index (χ0) is 32.6. The van der Waals surface area contributed by atoms with Crippen LogP contribution in [0.3, 0.4) is 0 Å². The number of nitrogens with one attached hydrogen (secondary N) is 2. The Labute approximate surface area is 279 Å². The van der Waals surface area contributed by atoms with E-state index in [1.165, 1.54) is 37.5 Å². The number of methoxy groups -OCH3 is 1. The molecule has 2 saturated heterocycles. The summed E-state index contributed by atoms with van der Waals surface area (Å²) in [5.74, 6) is 1.17. The van der Waals surface area contributed by atoms with Gasteiger partial charge in [-0.25, -0.2) is 15.0 Å². The summed E-state index contributed by atoms with van der Waals surface area (Å²) in [4.78, 5) is 31.8. The molecule has 1 aliphatic carbocycles. The van der Waals surface area contributed by atoms with Crippen molar-refractivity contribution < 1.29 is 13.9 Å². The summed E-state index contributed by atoms with van der Waals surface area (Å²) in [6.07, 6.45) is 15.5. The first-order valence-electron chi connectivity index (χ1n) is 16.9. The van der Waals surface area contributed by atoms with Crippen LogP contribution >= 0.6 is 0 Å². The van der Waals surface area contributed by atoms with Gasteiger partial charge in [-0.15, -0.1) is 0 Å². The number of para-hydroxylation sites is 1. The summed E-state index contributed by atoms with van der Waals surface area (Å²) in [6, 6.07) is 13.4. The molecule has 5 aromatic rings. The molecule has 5 heterocycles. The van der Waals surface area contributed by atoms with Crippen LogP contribution in [0.5, 0.6) is 5.75 Å². The molecule has 3 aromatic heterocycles. The van der Waals surface area contributed by atoms with Gasteiger partial charge in [0.25, 0.3) is 0 Å². The number of carbonyl (C=O) groups is 1. The average molecular weight is 645 g/mol. The molecule has 0 spiro atoms. The lowest BCUT2D eigenvalue weighted by atomic mass is 10.0. The van der Waals surface area contributed by atoms with Gasteiger partial charge in [-0.05, 0) is 69.8 Å². The summed E-state index contributed by atoms with van der Waals surface area (Å²) in [7, 11) is 1.65. The molecule has 8 rings (SSSR count). The predicted molar refractivity (Wildman–Crippen MR) is 188 cm³/mol. The van der Waals surface area contributed by atoms with Gasteiger partial charge in [0.15, 0.2) is 0 Å². The van der Waals surface area contributed by atoms with Gasteiger partial charge in [0.05, 0.1) is 41.6 Å². The van der Waals surface area contributed by atoms with Crippen LogP contribution in [-0.2, 0) is 4.79 Å². The van der Waals surface area contributed by atoms with Crippen molar-refractivity contribution in [2.75, 3.05) is 48.8 Å². The largest absolute Gasteiger partial charge is 0.494 e. The van der Waals surface area contributed by atoms with Crippen LogP contribution in [0.15, 0.2) is 78.3 Å². The minimum absolute atomic E-state index is 0.278.